The molecule has 0 aliphatic heterocycles. The molecule has 0 aromatic heterocycles. The molecule has 0 aliphatic carbocycles. The molecule has 0 heterocycles. The van der Waals surface area contributed by atoms with Crippen molar-refractivity contribution in [2.24, 2.45) is 0 Å². The molecule has 0 atom stereocenters. The molecule has 4 heteroatoms. The first-order valence-electron chi connectivity index (χ1n) is 5.30. The van der Waals surface area contributed by atoms with Gasteiger partial charge in [-0.15, -0.1) is 0 Å². The molecule has 0 unspecified atom stereocenters. The maximum Gasteiger partial charge on any atom is 0.223 e. The quantitative estimate of drug-likeness (QED) is 0.660. The van der Waals surface area contributed by atoms with E-state index < -0.39 is 0 Å². The summed E-state index contributed by atoms with van der Waals surface area (Å²) in [6.45, 7) is 5.64. The Kier molecular flexibility index (Phi) is 6.72. The zero-order valence-corrected chi connectivity index (χ0v) is 10.2. The molecule has 15 heavy (non-hydrogen) atoms. The second-order valence-corrected chi connectivity index (χ2v) is 4.08. The van der Waals surface area contributed by atoms with Crippen LogP contribution in [0.2, 0.25) is 0 Å². The Morgan fingerprint density at radius 3 is 2.33 bits per heavy atom. The van der Waals surface area contributed by atoms with E-state index in [1.165, 1.54) is 0 Å². The minimum absolute atomic E-state index is 0.137. The summed E-state index contributed by atoms with van der Waals surface area (Å²) in [5, 5.41) is 8.51. The molecule has 0 rings (SSSR count). The molecule has 1 amide bonds. The minimum Gasteiger partial charge on any atom is -0.349 e. The zero-order chi connectivity index (χ0) is 11.8. The molecular formula is C11H21N3O. The van der Waals surface area contributed by atoms with Crippen molar-refractivity contribution < 1.29 is 4.79 Å². The fourth-order valence-corrected chi connectivity index (χ4v) is 1.28. The summed E-state index contributed by atoms with van der Waals surface area (Å²) in [6.07, 6.45) is 1.05. The van der Waals surface area contributed by atoms with Gasteiger partial charge < -0.3 is 4.90 Å². The summed E-state index contributed by atoms with van der Waals surface area (Å²) >= 11 is 0. The molecule has 0 aromatic carbocycles. The van der Waals surface area contributed by atoms with E-state index in [0.29, 0.717) is 18.9 Å². The van der Waals surface area contributed by atoms with Gasteiger partial charge in [-0.25, -0.2) is 0 Å². The van der Waals surface area contributed by atoms with Crippen LogP contribution in [0.4, 0.5) is 0 Å². The van der Waals surface area contributed by atoms with Gasteiger partial charge in [-0.05, 0) is 13.8 Å². The van der Waals surface area contributed by atoms with Crippen LogP contribution >= 0.6 is 0 Å². The average Bonchev–Trinajstić information content (AvgIpc) is 2.16. The third-order valence-corrected chi connectivity index (χ3v) is 2.35. The Morgan fingerprint density at radius 1 is 1.33 bits per heavy atom. The Hall–Kier alpha value is -1.08. The Labute approximate surface area is 92.5 Å². The summed E-state index contributed by atoms with van der Waals surface area (Å²) in [5.74, 6) is 0.137. The smallest absolute Gasteiger partial charge is 0.223 e. The SMILES string of the molecule is CC(C)N(CCC#N)CCC(=O)N(C)C. The van der Waals surface area contributed by atoms with Gasteiger partial charge in [0.1, 0.15) is 0 Å². The fourth-order valence-electron chi connectivity index (χ4n) is 1.28. The predicted octanol–water partition coefficient (Wildman–Crippen LogP) is 1.09. The van der Waals surface area contributed by atoms with E-state index in [0.717, 1.165) is 13.1 Å². The summed E-state index contributed by atoms with van der Waals surface area (Å²) in [6, 6.07) is 2.51. The van der Waals surface area contributed by atoms with Gasteiger partial charge in [0.2, 0.25) is 5.91 Å². The Balaban J connectivity index is 3.97. The lowest BCUT2D eigenvalue weighted by molar-refractivity contribution is -0.129. The number of carbonyl (C=O) groups excluding carboxylic acids is 1. The number of carbonyl (C=O) groups is 1. The topological polar surface area (TPSA) is 47.3 Å². The summed E-state index contributed by atoms with van der Waals surface area (Å²) < 4.78 is 0. The number of hydrogen-bond acceptors (Lipinski definition) is 3. The number of hydrogen-bond donors (Lipinski definition) is 0. The highest BCUT2D eigenvalue weighted by Crippen LogP contribution is 2.02. The van der Waals surface area contributed by atoms with E-state index in [2.05, 4.69) is 24.8 Å². The minimum atomic E-state index is 0.137. The van der Waals surface area contributed by atoms with E-state index in [1.807, 2.05) is 0 Å². The van der Waals surface area contributed by atoms with Gasteiger partial charge in [0, 0.05) is 46.1 Å². The van der Waals surface area contributed by atoms with Crippen molar-refractivity contribution in [1.29, 1.82) is 5.26 Å². The second kappa shape index (κ2) is 7.24. The molecule has 86 valence electrons. The lowest BCUT2D eigenvalue weighted by Gasteiger charge is -2.25. The van der Waals surface area contributed by atoms with Gasteiger partial charge >= 0.3 is 0 Å². The summed E-state index contributed by atoms with van der Waals surface area (Å²) in [7, 11) is 3.52. The van der Waals surface area contributed by atoms with Gasteiger partial charge in [-0.1, -0.05) is 0 Å². The highest BCUT2D eigenvalue weighted by molar-refractivity contribution is 5.75. The molecule has 0 aliphatic rings. The second-order valence-electron chi connectivity index (χ2n) is 4.08. The lowest BCUT2D eigenvalue weighted by atomic mass is 10.2. The van der Waals surface area contributed by atoms with Gasteiger partial charge in [0.05, 0.1) is 6.07 Å². The average molecular weight is 211 g/mol. The highest BCUT2D eigenvalue weighted by atomic mass is 16.2. The molecule has 0 radical (unpaired) electrons. The van der Waals surface area contributed by atoms with Gasteiger partial charge in [0.15, 0.2) is 0 Å². The van der Waals surface area contributed by atoms with Crippen LogP contribution in [0, 0.1) is 11.3 Å². The number of amides is 1. The van der Waals surface area contributed by atoms with Crippen LogP contribution in [0.3, 0.4) is 0 Å². The molecular weight excluding hydrogens is 190 g/mol. The van der Waals surface area contributed by atoms with E-state index in [1.54, 1.807) is 19.0 Å². The Morgan fingerprint density at radius 2 is 1.93 bits per heavy atom. The standard InChI is InChI=1S/C11H21N3O/c1-10(2)14(8-5-7-12)9-6-11(15)13(3)4/h10H,5-6,8-9H2,1-4H3. The van der Waals surface area contributed by atoms with E-state index in [4.69, 9.17) is 5.26 Å². The van der Waals surface area contributed by atoms with Crippen molar-refractivity contribution >= 4 is 5.91 Å². The highest BCUT2D eigenvalue weighted by Gasteiger charge is 2.11. The van der Waals surface area contributed by atoms with Crippen LogP contribution < -0.4 is 0 Å². The molecule has 0 saturated heterocycles. The first-order valence-corrected chi connectivity index (χ1v) is 5.30. The molecule has 0 fully saturated rings. The van der Waals surface area contributed by atoms with Crippen molar-refractivity contribution in [3.8, 4) is 6.07 Å². The van der Waals surface area contributed by atoms with E-state index >= 15 is 0 Å². The maximum absolute atomic E-state index is 11.4. The zero-order valence-electron chi connectivity index (χ0n) is 10.2. The molecule has 0 bridgehead atoms. The number of nitrogens with zero attached hydrogens (tertiary/aromatic N) is 3. The first-order chi connectivity index (χ1) is 6.99. The van der Waals surface area contributed by atoms with Crippen LogP contribution in [0.25, 0.3) is 0 Å². The van der Waals surface area contributed by atoms with Crippen LogP contribution in [0.5, 0.6) is 0 Å². The van der Waals surface area contributed by atoms with Crippen molar-refractivity contribution in [2.45, 2.75) is 32.7 Å². The molecule has 0 N–H and O–H groups in total. The number of rotatable bonds is 6. The third-order valence-electron chi connectivity index (χ3n) is 2.35. The first kappa shape index (κ1) is 13.9. The van der Waals surface area contributed by atoms with Crippen LogP contribution in [-0.4, -0.2) is 48.9 Å². The predicted molar refractivity (Wildman–Crippen MR) is 60.3 cm³/mol. The van der Waals surface area contributed by atoms with E-state index in [-0.39, 0.29) is 5.91 Å². The van der Waals surface area contributed by atoms with Crippen molar-refractivity contribution in [2.75, 3.05) is 27.2 Å². The van der Waals surface area contributed by atoms with Crippen LogP contribution in [0.15, 0.2) is 0 Å². The van der Waals surface area contributed by atoms with Crippen molar-refractivity contribution in [3.63, 3.8) is 0 Å². The van der Waals surface area contributed by atoms with Crippen LogP contribution in [-0.2, 0) is 4.79 Å². The largest absolute Gasteiger partial charge is 0.349 e. The molecule has 0 spiro atoms. The summed E-state index contributed by atoms with van der Waals surface area (Å²) in [5.41, 5.74) is 0. The maximum atomic E-state index is 11.4. The third kappa shape index (κ3) is 6.08. The van der Waals surface area contributed by atoms with Gasteiger partial charge in [0.25, 0.3) is 0 Å². The fraction of sp³-hybridized carbons (Fsp3) is 0.818. The van der Waals surface area contributed by atoms with Gasteiger partial charge in [-0.2, -0.15) is 5.26 Å². The van der Waals surface area contributed by atoms with Crippen molar-refractivity contribution in [1.82, 2.24) is 9.80 Å². The van der Waals surface area contributed by atoms with Crippen molar-refractivity contribution in [3.05, 3.63) is 0 Å². The summed E-state index contributed by atoms with van der Waals surface area (Å²) in [4.78, 5) is 15.1. The monoisotopic (exact) mass is 211 g/mol. The normalized spacial score (nSPS) is 10.5. The van der Waals surface area contributed by atoms with Gasteiger partial charge in [-0.3, -0.25) is 9.69 Å². The Bertz CT molecular complexity index is 230. The van der Waals surface area contributed by atoms with E-state index in [9.17, 15) is 4.79 Å². The molecule has 4 nitrogen and oxygen atoms in total. The number of nitriles is 1. The van der Waals surface area contributed by atoms with Crippen LogP contribution in [0.1, 0.15) is 26.7 Å². The lowest BCUT2D eigenvalue weighted by Crippen LogP contribution is -2.35. The molecule has 0 saturated carbocycles. The molecule has 0 aromatic rings.